The predicted molar refractivity (Wildman–Crippen MR) is 75.7 cm³/mol. The molecular formula is C14H18SSe. The van der Waals surface area contributed by atoms with Crippen LogP contribution in [0.3, 0.4) is 0 Å². The molecule has 0 atom stereocenters. The van der Waals surface area contributed by atoms with Gasteiger partial charge in [-0.1, -0.05) is 0 Å². The average molecular weight is 297 g/mol. The van der Waals surface area contributed by atoms with Gasteiger partial charge in [0.2, 0.25) is 0 Å². The molecule has 1 aromatic carbocycles. The molecule has 1 aliphatic carbocycles. The summed E-state index contributed by atoms with van der Waals surface area (Å²) in [7, 11) is 0. The third-order valence-electron chi connectivity index (χ3n) is 3.18. The molecule has 0 amide bonds. The first-order valence-electron chi connectivity index (χ1n) is 6.04. The van der Waals surface area contributed by atoms with Crippen molar-refractivity contribution in [1.82, 2.24) is 0 Å². The van der Waals surface area contributed by atoms with Gasteiger partial charge in [-0.2, -0.15) is 0 Å². The molecule has 2 heteroatoms. The van der Waals surface area contributed by atoms with Gasteiger partial charge in [-0.25, -0.2) is 0 Å². The molecular weight excluding hydrogens is 279 g/mol. The zero-order valence-corrected chi connectivity index (χ0v) is 12.3. The fourth-order valence-electron chi connectivity index (χ4n) is 2.14. The van der Waals surface area contributed by atoms with Gasteiger partial charge in [0.25, 0.3) is 0 Å². The fourth-order valence-corrected chi connectivity index (χ4v) is 4.78. The zero-order chi connectivity index (χ0) is 11.4. The number of thiocarbonyl (C=S) groups is 1. The average Bonchev–Trinajstić information content (AvgIpc) is 2.33. The van der Waals surface area contributed by atoms with Crippen molar-refractivity contribution < 1.29 is 0 Å². The summed E-state index contributed by atoms with van der Waals surface area (Å²) in [5.41, 5.74) is 1.34. The summed E-state index contributed by atoms with van der Waals surface area (Å²) in [6.07, 6.45) is 6.86. The molecule has 1 fully saturated rings. The van der Waals surface area contributed by atoms with Crippen LogP contribution < -0.4 is 4.46 Å². The molecule has 2 rings (SSSR count). The Morgan fingerprint density at radius 2 is 1.75 bits per heavy atom. The van der Waals surface area contributed by atoms with E-state index < -0.39 is 0 Å². The maximum absolute atomic E-state index is 5.62. The van der Waals surface area contributed by atoms with Crippen molar-refractivity contribution in [2.45, 2.75) is 39.0 Å². The monoisotopic (exact) mass is 298 g/mol. The first-order chi connectivity index (χ1) is 7.75. The molecule has 0 unspecified atom stereocenters. The van der Waals surface area contributed by atoms with Gasteiger partial charge in [-0.3, -0.25) is 0 Å². The van der Waals surface area contributed by atoms with Crippen LogP contribution in [0.1, 0.15) is 37.7 Å². The van der Waals surface area contributed by atoms with Gasteiger partial charge in [0.05, 0.1) is 0 Å². The molecule has 1 saturated carbocycles. The van der Waals surface area contributed by atoms with Crippen molar-refractivity contribution in [1.29, 1.82) is 0 Å². The Balaban J connectivity index is 1.93. The molecule has 0 saturated heterocycles. The van der Waals surface area contributed by atoms with Gasteiger partial charge < -0.3 is 0 Å². The number of hydrogen-bond acceptors (Lipinski definition) is 1. The zero-order valence-electron chi connectivity index (χ0n) is 9.74. The van der Waals surface area contributed by atoms with Crippen molar-refractivity contribution in [3.63, 3.8) is 0 Å². The van der Waals surface area contributed by atoms with Crippen LogP contribution in [0.2, 0.25) is 0 Å². The summed E-state index contributed by atoms with van der Waals surface area (Å²) in [6, 6.07) is 8.87. The number of rotatable bonds is 3. The molecule has 1 aromatic rings. The van der Waals surface area contributed by atoms with Crippen LogP contribution in [0.15, 0.2) is 24.3 Å². The van der Waals surface area contributed by atoms with E-state index in [2.05, 4.69) is 31.2 Å². The van der Waals surface area contributed by atoms with E-state index in [1.807, 2.05) is 0 Å². The summed E-state index contributed by atoms with van der Waals surface area (Å²) in [5, 5.41) is 0. The minimum absolute atomic E-state index is 0.408. The molecule has 0 nitrogen and oxygen atoms in total. The molecule has 0 aliphatic heterocycles. The molecule has 0 bridgehead atoms. The van der Waals surface area contributed by atoms with Crippen molar-refractivity contribution in [3.05, 3.63) is 29.8 Å². The molecule has 0 heterocycles. The predicted octanol–water partition coefficient (Wildman–Crippen LogP) is 3.23. The standard InChI is InChI=1S/C14H18SSe/c1-11-7-9-13(10-8-11)16-14(15)12-5-3-2-4-6-12/h7-10,12H,2-6H2,1H3. The Bertz CT molecular complexity index is 350. The van der Waals surface area contributed by atoms with Gasteiger partial charge in [0, 0.05) is 0 Å². The summed E-state index contributed by atoms with van der Waals surface area (Å²) in [4.78, 5) is 0. The molecule has 0 N–H and O–H groups in total. The van der Waals surface area contributed by atoms with Crippen LogP contribution in [-0.4, -0.2) is 18.7 Å². The van der Waals surface area contributed by atoms with Crippen LogP contribution in [0.5, 0.6) is 0 Å². The van der Waals surface area contributed by atoms with E-state index in [9.17, 15) is 0 Å². The number of aryl methyl sites for hydroxylation is 1. The topological polar surface area (TPSA) is 0 Å². The molecule has 1 aliphatic rings. The van der Waals surface area contributed by atoms with Crippen LogP contribution >= 0.6 is 12.2 Å². The van der Waals surface area contributed by atoms with Crippen molar-refractivity contribution in [3.8, 4) is 0 Å². The Morgan fingerprint density at radius 1 is 1.12 bits per heavy atom. The minimum atomic E-state index is 0.408. The molecule has 16 heavy (non-hydrogen) atoms. The third kappa shape index (κ3) is 3.41. The molecule has 0 aromatic heterocycles. The number of hydrogen-bond donors (Lipinski definition) is 0. The second kappa shape index (κ2) is 5.95. The van der Waals surface area contributed by atoms with E-state index in [1.165, 1.54) is 45.9 Å². The van der Waals surface area contributed by atoms with E-state index in [1.54, 1.807) is 0 Å². The first-order valence-corrected chi connectivity index (χ1v) is 8.16. The van der Waals surface area contributed by atoms with Gasteiger partial charge in [0.1, 0.15) is 0 Å². The summed E-state index contributed by atoms with van der Waals surface area (Å²) in [6.45, 7) is 2.14. The van der Waals surface area contributed by atoms with Crippen molar-refractivity contribution >= 4 is 35.4 Å². The summed E-state index contributed by atoms with van der Waals surface area (Å²) >= 11 is 6.02. The van der Waals surface area contributed by atoms with Gasteiger partial charge in [0.15, 0.2) is 0 Å². The fraction of sp³-hybridized carbons (Fsp3) is 0.500. The summed E-state index contributed by atoms with van der Waals surface area (Å²) < 4.78 is 2.78. The third-order valence-corrected chi connectivity index (χ3v) is 6.13. The van der Waals surface area contributed by atoms with E-state index in [-0.39, 0.29) is 0 Å². The molecule has 0 spiro atoms. The van der Waals surface area contributed by atoms with Gasteiger partial charge in [-0.15, -0.1) is 0 Å². The first kappa shape index (κ1) is 12.3. The SMILES string of the molecule is Cc1ccc([Se]C(=S)C2CCCCC2)cc1. The Morgan fingerprint density at radius 3 is 2.38 bits per heavy atom. The molecule has 0 radical (unpaired) electrons. The van der Waals surface area contributed by atoms with E-state index in [4.69, 9.17) is 12.2 Å². The van der Waals surface area contributed by atoms with Crippen LogP contribution in [0.25, 0.3) is 0 Å². The second-order valence-corrected chi connectivity index (χ2v) is 7.93. The van der Waals surface area contributed by atoms with Gasteiger partial charge >= 0.3 is 110 Å². The van der Waals surface area contributed by atoms with Crippen LogP contribution in [0, 0.1) is 12.8 Å². The Hall–Kier alpha value is -0.171. The van der Waals surface area contributed by atoms with E-state index in [0.29, 0.717) is 15.0 Å². The second-order valence-electron chi connectivity index (χ2n) is 4.57. The Kier molecular flexibility index (Phi) is 4.57. The Labute approximate surface area is 110 Å². The van der Waals surface area contributed by atoms with Crippen molar-refractivity contribution in [2.24, 2.45) is 5.92 Å². The van der Waals surface area contributed by atoms with Gasteiger partial charge in [-0.05, 0) is 0 Å². The normalized spacial score (nSPS) is 17.3. The van der Waals surface area contributed by atoms with Crippen LogP contribution in [0.4, 0.5) is 0 Å². The van der Waals surface area contributed by atoms with Crippen molar-refractivity contribution in [2.75, 3.05) is 0 Å². The van der Waals surface area contributed by atoms with Crippen LogP contribution in [-0.2, 0) is 0 Å². The summed E-state index contributed by atoms with van der Waals surface area (Å²) in [5.74, 6) is 0.741. The van der Waals surface area contributed by atoms with E-state index in [0.717, 1.165) is 5.92 Å². The maximum atomic E-state index is 5.62. The quantitative estimate of drug-likeness (QED) is 0.610. The number of benzene rings is 1. The van der Waals surface area contributed by atoms with E-state index >= 15 is 0 Å². The molecule has 86 valence electrons.